The second-order valence-corrected chi connectivity index (χ2v) is 4.32. The van der Waals surface area contributed by atoms with E-state index in [1.54, 1.807) is 0 Å². The molecule has 0 bridgehead atoms. The van der Waals surface area contributed by atoms with Crippen molar-refractivity contribution >= 4 is 12.0 Å². The lowest BCUT2D eigenvalue weighted by Crippen LogP contribution is -2.43. The van der Waals surface area contributed by atoms with E-state index in [0.717, 1.165) is 0 Å². The van der Waals surface area contributed by atoms with E-state index >= 15 is 0 Å². The number of phenolic OH excluding ortho intramolecular Hbond substituents is 3. The van der Waals surface area contributed by atoms with Crippen molar-refractivity contribution in [3.05, 3.63) is 17.7 Å². The SMILES string of the molecule is O=C1N[C@H](C(=O)NCCc2cc(O)c(O)c(O)c2)CO1. The standard InChI is InChI=1S/C12H14N2O6/c15-8-3-6(4-9(16)10(8)17)1-2-13-11(18)7-5-20-12(19)14-7/h3-4,7,15-17H,1-2,5H2,(H,13,18)(H,14,19)/t7-/m0/s1. The molecule has 108 valence electrons. The third kappa shape index (κ3) is 3.02. The molecule has 2 rings (SSSR count). The Bertz CT molecular complexity index is 522. The van der Waals surface area contributed by atoms with Gasteiger partial charge in [-0.3, -0.25) is 4.79 Å². The molecule has 1 heterocycles. The van der Waals surface area contributed by atoms with E-state index in [1.165, 1.54) is 12.1 Å². The lowest BCUT2D eigenvalue weighted by atomic mass is 10.1. The third-order valence-electron chi connectivity index (χ3n) is 2.83. The Morgan fingerprint density at radius 1 is 1.35 bits per heavy atom. The lowest BCUT2D eigenvalue weighted by Gasteiger charge is -2.10. The van der Waals surface area contributed by atoms with Crippen molar-refractivity contribution in [2.24, 2.45) is 0 Å². The normalized spacial score (nSPS) is 17.4. The van der Waals surface area contributed by atoms with Crippen LogP contribution in [0.2, 0.25) is 0 Å². The fourth-order valence-electron chi connectivity index (χ4n) is 1.78. The van der Waals surface area contributed by atoms with Crippen molar-refractivity contribution in [3.8, 4) is 17.2 Å². The summed E-state index contributed by atoms with van der Waals surface area (Å²) in [5.41, 5.74) is 0.546. The Labute approximate surface area is 114 Å². The Hall–Kier alpha value is -2.64. The first-order valence-corrected chi connectivity index (χ1v) is 5.92. The minimum Gasteiger partial charge on any atom is -0.504 e. The van der Waals surface area contributed by atoms with Gasteiger partial charge in [0.25, 0.3) is 0 Å². The van der Waals surface area contributed by atoms with E-state index in [-0.39, 0.29) is 19.1 Å². The molecule has 1 aromatic rings. The number of carbonyl (C=O) groups excluding carboxylic acids is 2. The summed E-state index contributed by atoms with van der Waals surface area (Å²) < 4.78 is 4.59. The second-order valence-electron chi connectivity index (χ2n) is 4.32. The summed E-state index contributed by atoms with van der Waals surface area (Å²) in [6.45, 7) is 0.236. The second kappa shape index (κ2) is 5.55. The smallest absolute Gasteiger partial charge is 0.407 e. The van der Waals surface area contributed by atoms with Gasteiger partial charge in [0.05, 0.1) is 0 Å². The third-order valence-corrected chi connectivity index (χ3v) is 2.83. The van der Waals surface area contributed by atoms with Crippen LogP contribution in [0.25, 0.3) is 0 Å². The van der Waals surface area contributed by atoms with Crippen molar-refractivity contribution in [1.29, 1.82) is 0 Å². The van der Waals surface area contributed by atoms with Crippen LogP contribution in [-0.4, -0.2) is 46.5 Å². The first-order chi connectivity index (χ1) is 9.47. The van der Waals surface area contributed by atoms with Crippen LogP contribution in [0.3, 0.4) is 0 Å². The van der Waals surface area contributed by atoms with Gasteiger partial charge in [0.1, 0.15) is 12.6 Å². The number of hydrogen-bond acceptors (Lipinski definition) is 6. The Balaban J connectivity index is 1.84. The van der Waals surface area contributed by atoms with Crippen LogP contribution in [0.1, 0.15) is 5.56 Å². The summed E-state index contributed by atoms with van der Waals surface area (Å²) in [7, 11) is 0. The summed E-state index contributed by atoms with van der Waals surface area (Å²) in [5.74, 6) is -1.81. The molecule has 2 amide bonds. The predicted octanol–water partition coefficient (Wildman–Crippen LogP) is -0.429. The van der Waals surface area contributed by atoms with Crippen LogP contribution < -0.4 is 10.6 Å². The largest absolute Gasteiger partial charge is 0.504 e. The maximum atomic E-state index is 11.6. The number of hydrogen-bond donors (Lipinski definition) is 5. The molecule has 8 heteroatoms. The number of rotatable bonds is 4. The van der Waals surface area contributed by atoms with Gasteiger partial charge in [0.2, 0.25) is 5.91 Å². The Kier molecular flexibility index (Phi) is 3.83. The van der Waals surface area contributed by atoms with Gasteiger partial charge in [-0.2, -0.15) is 0 Å². The number of nitrogens with one attached hydrogen (secondary N) is 2. The molecule has 0 unspecified atom stereocenters. The number of phenols is 3. The summed E-state index contributed by atoms with van der Waals surface area (Å²) in [6, 6.07) is 1.88. The number of benzene rings is 1. The van der Waals surface area contributed by atoms with Crippen LogP contribution in [0.5, 0.6) is 17.2 Å². The summed E-state index contributed by atoms with van der Waals surface area (Å²) in [4.78, 5) is 22.4. The number of carbonyl (C=O) groups is 2. The summed E-state index contributed by atoms with van der Waals surface area (Å²) in [6.07, 6.45) is -0.284. The zero-order valence-corrected chi connectivity index (χ0v) is 10.4. The minimum atomic E-state index is -0.705. The molecule has 0 saturated carbocycles. The lowest BCUT2D eigenvalue weighted by molar-refractivity contribution is -0.122. The van der Waals surface area contributed by atoms with E-state index in [9.17, 15) is 24.9 Å². The van der Waals surface area contributed by atoms with E-state index < -0.39 is 29.4 Å². The fraction of sp³-hybridized carbons (Fsp3) is 0.333. The molecular formula is C12H14N2O6. The molecule has 0 radical (unpaired) electrons. The van der Waals surface area contributed by atoms with Crippen molar-refractivity contribution < 1.29 is 29.6 Å². The maximum absolute atomic E-state index is 11.6. The van der Waals surface area contributed by atoms with Crippen LogP contribution >= 0.6 is 0 Å². The molecular weight excluding hydrogens is 268 g/mol. The van der Waals surface area contributed by atoms with Crippen molar-refractivity contribution in [2.75, 3.05) is 13.2 Å². The highest BCUT2D eigenvalue weighted by Crippen LogP contribution is 2.35. The number of ether oxygens (including phenoxy) is 1. The number of alkyl carbamates (subject to hydrolysis) is 1. The van der Waals surface area contributed by atoms with Gasteiger partial charge in [-0.05, 0) is 24.1 Å². The highest BCUT2D eigenvalue weighted by atomic mass is 16.6. The van der Waals surface area contributed by atoms with Crippen molar-refractivity contribution in [2.45, 2.75) is 12.5 Å². The highest BCUT2D eigenvalue weighted by molar-refractivity contribution is 5.87. The van der Waals surface area contributed by atoms with Gasteiger partial charge >= 0.3 is 6.09 Å². The number of aromatic hydroxyl groups is 3. The topological polar surface area (TPSA) is 128 Å². The van der Waals surface area contributed by atoms with Crippen molar-refractivity contribution in [3.63, 3.8) is 0 Å². The van der Waals surface area contributed by atoms with Gasteiger partial charge in [-0.1, -0.05) is 0 Å². The van der Waals surface area contributed by atoms with Gasteiger partial charge < -0.3 is 30.7 Å². The van der Waals surface area contributed by atoms with E-state index in [0.29, 0.717) is 12.0 Å². The van der Waals surface area contributed by atoms with E-state index in [4.69, 9.17) is 0 Å². The number of cyclic esters (lactones) is 1. The molecule has 1 fully saturated rings. The molecule has 5 N–H and O–H groups in total. The molecule has 0 aromatic heterocycles. The molecule has 1 aliphatic heterocycles. The summed E-state index contributed by atoms with van der Waals surface area (Å²) in [5, 5.41) is 32.8. The fourth-order valence-corrected chi connectivity index (χ4v) is 1.78. The highest BCUT2D eigenvalue weighted by Gasteiger charge is 2.28. The Morgan fingerprint density at radius 3 is 2.55 bits per heavy atom. The van der Waals surface area contributed by atoms with Crippen LogP contribution in [0.15, 0.2) is 12.1 Å². The first kappa shape index (κ1) is 13.8. The zero-order chi connectivity index (χ0) is 14.7. The monoisotopic (exact) mass is 282 g/mol. The van der Waals surface area contributed by atoms with E-state index in [2.05, 4.69) is 15.4 Å². The molecule has 1 saturated heterocycles. The molecule has 0 aliphatic carbocycles. The number of amides is 2. The molecule has 1 atom stereocenters. The predicted molar refractivity (Wildman–Crippen MR) is 66.4 cm³/mol. The molecule has 20 heavy (non-hydrogen) atoms. The Morgan fingerprint density at radius 2 is 2.00 bits per heavy atom. The van der Waals surface area contributed by atoms with Gasteiger partial charge in [0.15, 0.2) is 17.2 Å². The first-order valence-electron chi connectivity index (χ1n) is 5.92. The minimum absolute atomic E-state index is 0.00848. The molecule has 8 nitrogen and oxygen atoms in total. The molecule has 0 spiro atoms. The average molecular weight is 282 g/mol. The zero-order valence-electron chi connectivity index (χ0n) is 10.4. The van der Waals surface area contributed by atoms with Gasteiger partial charge in [-0.15, -0.1) is 0 Å². The summed E-state index contributed by atoms with van der Waals surface area (Å²) >= 11 is 0. The quantitative estimate of drug-likeness (QED) is 0.477. The van der Waals surface area contributed by atoms with Gasteiger partial charge in [-0.25, -0.2) is 4.79 Å². The molecule has 1 aromatic carbocycles. The maximum Gasteiger partial charge on any atom is 0.407 e. The van der Waals surface area contributed by atoms with Crippen LogP contribution in [0.4, 0.5) is 4.79 Å². The average Bonchev–Trinajstić information content (AvgIpc) is 2.82. The van der Waals surface area contributed by atoms with Crippen LogP contribution in [0, 0.1) is 0 Å². The van der Waals surface area contributed by atoms with Crippen LogP contribution in [-0.2, 0) is 16.0 Å². The van der Waals surface area contributed by atoms with E-state index in [1.807, 2.05) is 0 Å². The van der Waals surface area contributed by atoms with Gasteiger partial charge in [0, 0.05) is 6.54 Å². The molecule has 1 aliphatic rings. The van der Waals surface area contributed by atoms with Crippen molar-refractivity contribution in [1.82, 2.24) is 10.6 Å².